The summed E-state index contributed by atoms with van der Waals surface area (Å²) in [5.41, 5.74) is 5.73. The fourth-order valence-electron chi connectivity index (χ4n) is 1.97. The Morgan fingerprint density at radius 2 is 2.06 bits per heavy atom. The molecular formula is C13H18N2O3. The molecule has 5 nitrogen and oxygen atoms in total. The number of anilines is 1. The third-order valence-corrected chi connectivity index (χ3v) is 3.21. The number of carbonyl (C=O) groups excluding carboxylic acids is 1. The van der Waals surface area contributed by atoms with Gasteiger partial charge in [-0.1, -0.05) is 12.1 Å². The summed E-state index contributed by atoms with van der Waals surface area (Å²) in [5, 5.41) is 12.9. The number of hydrogen-bond acceptors (Lipinski definition) is 4. The second kappa shape index (κ2) is 5.37. The van der Waals surface area contributed by atoms with E-state index in [0.717, 1.165) is 0 Å². The van der Waals surface area contributed by atoms with Gasteiger partial charge < -0.3 is 20.9 Å². The van der Waals surface area contributed by atoms with Crippen molar-refractivity contribution in [2.75, 3.05) is 25.5 Å². The highest BCUT2D eigenvalue weighted by atomic mass is 16.5. The summed E-state index contributed by atoms with van der Waals surface area (Å²) in [7, 11) is 0. The van der Waals surface area contributed by atoms with Crippen LogP contribution in [0, 0.1) is 0 Å². The molecule has 4 N–H and O–H groups in total. The van der Waals surface area contributed by atoms with Crippen LogP contribution in [-0.4, -0.2) is 36.4 Å². The van der Waals surface area contributed by atoms with Crippen molar-refractivity contribution in [2.24, 2.45) is 0 Å². The summed E-state index contributed by atoms with van der Waals surface area (Å²) >= 11 is 0. The first-order valence-corrected chi connectivity index (χ1v) is 6.04. The van der Waals surface area contributed by atoms with Crippen molar-refractivity contribution < 1.29 is 14.6 Å². The summed E-state index contributed by atoms with van der Waals surface area (Å²) in [6, 6.07) is 6.88. The molecule has 98 valence electrons. The fraction of sp³-hybridized carbons (Fsp3) is 0.462. The molecule has 0 spiro atoms. The molecule has 0 aliphatic carbocycles. The first-order valence-electron chi connectivity index (χ1n) is 6.04. The van der Waals surface area contributed by atoms with Crippen LogP contribution in [-0.2, 0) is 4.74 Å². The zero-order valence-corrected chi connectivity index (χ0v) is 10.2. The number of aliphatic hydroxyl groups is 1. The first kappa shape index (κ1) is 12.9. The van der Waals surface area contributed by atoms with Gasteiger partial charge in [0.1, 0.15) is 0 Å². The number of benzene rings is 1. The van der Waals surface area contributed by atoms with Gasteiger partial charge in [-0.3, -0.25) is 4.79 Å². The maximum atomic E-state index is 11.9. The van der Waals surface area contributed by atoms with Gasteiger partial charge in [-0.05, 0) is 12.1 Å². The van der Waals surface area contributed by atoms with Crippen molar-refractivity contribution >= 4 is 11.6 Å². The molecule has 5 heteroatoms. The van der Waals surface area contributed by atoms with Gasteiger partial charge in [-0.25, -0.2) is 0 Å². The van der Waals surface area contributed by atoms with E-state index in [9.17, 15) is 9.90 Å². The summed E-state index contributed by atoms with van der Waals surface area (Å²) in [6.07, 6.45) is 1.08. The highest BCUT2D eigenvalue weighted by molar-refractivity contribution is 5.99. The Labute approximate surface area is 106 Å². The lowest BCUT2D eigenvalue weighted by Gasteiger charge is -2.32. The van der Waals surface area contributed by atoms with Crippen LogP contribution in [0.1, 0.15) is 23.2 Å². The minimum Gasteiger partial charge on any atom is -0.398 e. The van der Waals surface area contributed by atoms with Crippen LogP contribution in [0.3, 0.4) is 0 Å². The van der Waals surface area contributed by atoms with Gasteiger partial charge in [0.15, 0.2) is 0 Å². The van der Waals surface area contributed by atoms with E-state index in [2.05, 4.69) is 5.32 Å². The Kier molecular flexibility index (Phi) is 3.84. The Bertz CT molecular complexity index is 428. The maximum Gasteiger partial charge on any atom is 0.253 e. The molecule has 0 unspecified atom stereocenters. The van der Waals surface area contributed by atoms with Crippen LogP contribution in [0.2, 0.25) is 0 Å². The van der Waals surface area contributed by atoms with Crippen LogP contribution in [0.15, 0.2) is 24.3 Å². The molecule has 1 aromatic carbocycles. The molecule has 2 rings (SSSR count). The Morgan fingerprint density at radius 1 is 1.39 bits per heavy atom. The van der Waals surface area contributed by atoms with E-state index in [0.29, 0.717) is 37.3 Å². The molecule has 1 heterocycles. The average molecular weight is 250 g/mol. The lowest BCUT2D eigenvalue weighted by molar-refractivity contribution is -0.0605. The number of para-hydroxylation sites is 1. The van der Waals surface area contributed by atoms with E-state index in [4.69, 9.17) is 10.5 Å². The van der Waals surface area contributed by atoms with Crippen molar-refractivity contribution in [3.05, 3.63) is 29.8 Å². The van der Waals surface area contributed by atoms with Crippen LogP contribution < -0.4 is 11.1 Å². The van der Waals surface area contributed by atoms with Gasteiger partial charge in [0.25, 0.3) is 5.91 Å². The minimum absolute atomic E-state index is 0.226. The molecule has 0 bridgehead atoms. The SMILES string of the molecule is Nc1ccccc1C(=O)NCC1(O)CCOCC1. The third kappa shape index (κ3) is 3.00. The highest BCUT2D eigenvalue weighted by Gasteiger charge is 2.30. The summed E-state index contributed by atoms with van der Waals surface area (Å²) in [6.45, 7) is 1.28. The van der Waals surface area contributed by atoms with Gasteiger partial charge in [0.05, 0.1) is 11.2 Å². The molecule has 0 aromatic heterocycles. The van der Waals surface area contributed by atoms with Gasteiger partial charge >= 0.3 is 0 Å². The van der Waals surface area contributed by atoms with Crippen LogP contribution in [0.4, 0.5) is 5.69 Å². The molecule has 0 atom stereocenters. The number of hydrogen-bond donors (Lipinski definition) is 3. The van der Waals surface area contributed by atoms with E-state index in [-0.39, 0.29) is 12.5 Å². The predicted molar refractivity (Wildman–Crippen MR) is 68.2 cm³/mol. The molecule has 1 fully saturated rings. The highest BCUT2D eigenvalue weighted by Crippen LogP contribution is 2.19. The van der Waals surface area contributed by atoms with Crippen molar-refractivity contribution in [2.45, 2.75) is 18.4 Å². The topological polar surface area (TPSA) is 84.6 Å². The molecule has 1 amide bonds. The zero-order valence-electron chi connectivity index (χ0n) is 10.2. The summed E-state index contributed by atoms with van der Waals surface area (Å²) < 4.78 is 5.18. The van der Waals surface area contributed by atoms with Crippen LogP contribution in [0.5, 0.6) is 0 Å². The van der Waals surface area contributed by atoms with Crippen molar-refractivity contribution in [3.63, 3.8) is 0 Å². The van der Waals surface area contributed by atoms with Crippen molar-refractivity contribution in [1.29, 1.82) is 0 Å². The number of nitrogens with two attached hydrogens (primary N) is 1. The second-order valence-corrected chi connectivity index (χ2v) is 4.61. The van der Waals surface area contributed by atoms with Crippen LogP contribution in [0.25, 0.3) is 0 Å². The van der Waals surface area contributed by atoms with Gasteiger partial charge in [0.2, 0.25) is 0 Å². The lowest BCUT2D eigenvalue weighted by atomic mass is 9.94. The molecule has 0 saturated carbocycles. The van der Waals surface area contributed by atoms with Gasteiger partial charge in [-0.2, -0.15) is 0 Å². The number of carbonyl (C=O) groups is 1. The smallest absolute Gasteiger partial charge is 0.253 e. The van der Waals surface area contributed by atoms with E-state index < -0.39 is 5.60 Å². The molecule has 1 aromatic rings. The normalized spacial score (nSPS) is 18.3. The zero-order chi connectivity index (χ0) is 13.0. The van der Waals surface area contributed by atoms with E-state index in [1.807, 2.05) is 0 Å². The number of ether oxygens (including phenoxy) is 1. The largest absolute Gasteiger partial charge is 0.398 e. The van der Waals surface area contributed by atoms with E-state index in [1.54, 1.807) is 24.3 Å². The average Bonchev–Trinajstić information content (AvgIpc) is 2.38. The monoisotopic (exact) mass is 250 g/mol. The Balaban J connectivity index is 1.94. The lowest BCUT2D eigenvalue weighted by Crippen LogP contribution is -2.46. The maximum absolute atomic E-state index is 11.9. The van der Waals surface area contributed by atoms with Crippen molar-refractivity contribution in [1.82, 2.24) is 5.32 Å². The molecular weight excluding hydrogens is 232 g/mol. The van der Waals surface area contributed by atoms with Gasteiger partial charge in [-0.15, -0.1) is 0 Å². The Hall–Kier alpha value is -1.59. The molecule has 18 heavy (non-hydrogen) atoms. The Morgan fingerprint density at radius 3 is 2.72 bits per heavy atom. The summed E-state index contributed by atoms with van der Waals surface area (Å²) in [5.74, 6) is -0.256. The predicted octanol–water partition coefficient (Wildman–Crippen LogP) is 0.540. The number of nitrogen functional groups attached to an aromatic ring is 1. The minimum atomic E-state index is -0.864. The number of rotatable bonds is 3. The third-order valence-electron chi connectivity index (χ3n) is 3.21. The molecule has 1 saturated heterocycles. The first-order chi connectivity index (χ1) is 8.61. The molecule has 0 radical (unpaired) electrons. The van der Waals surface area contributed by atoms with E-state index in [1.165, 1.54) is 0 Å². The standard InChI is InChI=1S/C13H18N2O3/c14-11-4-2-1-3-10(11)12(16)15-9-13(17)5-7-18-8-6-13/h1-4,17H,5-9,14H2,(H,15,16). The molecule has 1 aliphatic rings. The van der Waals surface area contributed by atoms with Crippen LogP contribution >= 0.6 is 0 Å². The van der Waals surface area contributed by atoms with Crippen molar-refractivity contribution in [3.8, 4) is 0 Å². The molecule has 1 aliphatic heterocycles. The number of nitrogens with one attached hydrogen (secondary N) is 1. The fourth-order valence-corrected chi connectivity index (χ4v) is 1.97. The quantitative estimate of drug-likeness (QED) is 0.684. The van der Waals surface area contributed by atoms with Gasteiger partial charge in [0, 0.05) is 38.3 Å². The van der Waals surface area contributed by atoms with E-state index >= 15 is 0 Å². The number of amides is 1. The second-order valence-electron chi connectivity index (χ2n) is 4.61. The summed E-state index contributed by atoms with van der Waals surface area (Å²) in [4.78, 5) is 11.9.